The van der Waals surface area contributed by atoms with E-state index in [-0.39, 0.29) is 12.0 Å². The summed E-state index contributed by atoms with van der Waals surface area (Å²) in [7, 11) is 3.27. The molecule has 1 amide bonds. The first-order valence-corrected chi connectivity index (χ1v) is 9.53. The number of carbonyl (C=O) groups excluding carboxylic acids is 1. The van der Waals surface area contributed by atoms with Crippen molar-refractivity contribution in [3.8, 4) is 22.6 Å². The van der Waals surface area contributed by atoms with Crippen LogP contribution in [0.5, 0.6) is 11.5 Å². The van der Waals surface area contributed by atoms with Gasteiger partial charge in [-0.25, -0.2) is 0 Å². The minimum Gasteiger partial charge on any atom is -0.496 e. The summed E-state index contributed by atoms with van der Waals surface area (Å²) in [5.41, 5.74) is 4.59. The van der Waals surface area contributed by atoms with Crippen LogP contribution < -0.4 is 14.8 Å². The first-order chi connectivity index (χ1) is 14.2. The van der Waals surface area contributed by atoms with Gasteiger partial charge in [0.2, 0.25) is 0 Å². The predicted molar refractivity (Wildman–Crippen MR) is 112 cm³/mol. The lowest BCUT2D eigenvalue weighted by Gasteiger charge is -2.30. The molecule has 0 spiro atoms. The molecule has 1 aliphatic rings. The van der Waals surface area contributed by atoms with E-state index in [4.69, 9.17) is 14.2 Å². The SMILES string of the molecule is COCCNC(=O)c1cccc(C2Oc3cccc(OC)c3-c3ccccc32)c1. The van der Waals surface area contributed by atoms with Gasteiger partial charge in [-0.15, -0.1) is 0 Å². The van der Waals surface area contributed by atoms with Crippen LogP contribution in [-0.4, -0.2) is 33.3 Å². The smallest absolute Gasteiger partial charge is 0.251 e. The number of rotatable bonds is 6. The fourth-order valence-electron chi connectivity index (χ4n) is 3.65. The molecule has 1 aliphatic heterocycles. The molecular formula is C24H23NO4. The minimum absolute atomic E-state index is 0.130. The fraction of sp³-hybridized carbons (Fsp3) is 0.208. The van der Waals surface area contributed by atoms with Crippen LogP contribution in [0.15, 0.2) is 66.7 Å². The lowest BCUT2D eigenvalue weighted by atomic mass is 9.89. The molecule has 1 atom stereocenters. The summed E-state index contributed by atoms with van der Waals surface area (Å²) >= 11 is 0. The number of carbonyl (C=O) groups is 1. The van der Waals surface area contributed by atoms with Crippen molar-refractivity contribution in [2.24, 2.45) is 0 Å². The summed E-state index contributed by atoms with van der Waals surface area (Å²) in [6.07, 6.45) is -0.308. The van der Waals surface area contributed by atoms with Crippen LogP contribution in [0.4, 0.5) is 0 Å². The summed E-state index contributed by atoms with van der Waals surface area (Å²) in [6, 6.07) is 21.5. The Morgan fingerprint density at radius 2 is 1.86 bits per heavy atom. The number of fused-ring (bicyclic) bond motifs is 3. The molecule has 0 saturated heterocycles. The van der Waals surface area contributed by atoms with Gasteiger partial charge in [-0.05, 0) is 35.4 Å². The molecule has 29 heavy (non-hydrogen) atoms. The van der Waals surface area contributed by atoms with Crippen molar-refractivity contribution in [2.45, 2.75) is 6.10 Å². The molecule has 0 bridgehead atoms. The number of amides is 1. The zero-order valence-corrected chi connectivity index (χ0v) is 16.5. The Kier molecular flexibility index (Phi) is 5.49. The van der Waals surface area contributed by atoms with Crippen LogP contribution in [0.1, 0.15) is 27.6 Å². The van der Waals surface area contributed by atoms with Crippen molar-refractivity contribution in [1.82, 2.24) is 5.32 Å². The van der Waals surface area contributed by atoms with Crippen molar-refractivity contribution in [2.75, 3.05) is 27.4 Å². The highest BCUT2D eigenvalue weighted by molar-refractivity contribution is 5.94. The van der Waals surface area contributed by atoms with E-state index in [1.165, 1.54) is 0 Å². The normalized spacial score (nSPS) is 14.3. The van der Waals surface area contributed by atoms with E-state index in [9.17, 15) is 4.79 Å². The summed E-state index contributed by atoms with van der Waals surface area (Å²) in [6.45, 7) is 0.943. The van der Waals surface area contributed by atoms with Crippen LogP contribution in [0.2, 0.25) is 0 Å². The van der Waals surface area contributed by atoms with Crippen molar-refractivity contribution < 1.29 is 19.0 Å². The molecule has 0 fully saturated rings. The van der Waals surface area contributed by atoms with Gasteiger partial charge >= 0.3 is 0 Å². The largest absolute Gasteiger partial charge is 0.496 e. The van der Waals surface area contributed by atoms with Gasteiger partial charge in [-0.1, -0.05) is 42.5 Å². The minimum atomic E-state index is -0.308. The van der Waals surface area contributed by atoms with Crippen LogP contribution in [0.25, 0.3) is 11.1 Å². The number of ether oxygens (including phenoxy) is 3. The lowest BCUT2D eigenvalue weighted by Crippen LogP contribution is -2.27. The molecular weight excluding hydrogens is 366 g/mol. The standard InChI is InChI=1S/C24H23NO4/c1-27-14-13-25-24(26)17-8-5-7-16(15-17)23-19-10-4-3-9-18(19)22-20(28-2)11-6-12-21(22)29-23/h3-12,15,23H,13-14H2,1-2H3,(H,25,26). The second kappa shape index (κ2) is 8.37. The van der Waals surface area contributed by atoms with Crippen molar-refractivity contribution in [1.29, 1.82) is 0 Å². The van der Waals surface area contributed by atoms with E-state index in [0.717, 1.165) is 33.8 Å². The van der Waals surface area contributed by atoms with Gasteiger partial charge in [0.1, 0.15) is 17.6 Å². The maximum absolute atomic E-state index is 12.5. The number of nitrogens with one attached hydrogen (secondary N) is 1. The first kappa shape index (κ1) is 19.0. The molecule has 4 rings (SSSR count). The molecule has 3 aromatic rings. The average Bonchev–Trinajstić information content (AvgIpc) is 2.78. The monoisotopic (exact) mass is 389 g/mol. The topological polar surface area (TPSA) is 56.8 Å². The van der Waals surface area contributed by atoms with Crippen molar-refractivity contribution in [3.05, 3.63) is 83.4 Å². The van der Waals surface area contributed by atoms with Crippen LogP contribution in [0.3, 0.4) is 0 Å². The van der Waals surface area contributed by atoms with E-state index < -0.39 is 0 Å². The Morgan fingerprint density at radius 3 is 2.69 bits per heavy atom. The first-order valence-electron chi connectivity index (χ1n) is 9.53. The van der Waals surface area contributed by atoms with Gasteiger partial charge < -0.3 is 19.5 Å². The molecule has 0 radical (unpaired) electrons. The maximum Gasteiger partial charge on any atom is 0.251 e. The summed E-state index contributed by atoms with van der Waals surface area (Å²) in [5, 5.41) is 2.86. The van der Waals surface area contributed by atoms with Crippen LogP contribution >= 0.6 is 0 Å². The van der Waals surface area contributed by atoms with Crippen molar-refractivity contribution in [3.63, 3.8) is 0 Å². The molecule has 5 nitrogen and oxygen atoms in total. The number of hydrogen-bond acceptors (Lipinski definition) is 4. The fourth-order valence-corrected chi connectivity index (χ4v) is 3.65. The molecule has 1 unspecified atom stereocenters. The Labute approximate surface area is 170 Å². The Hall–Kier alpha value is -3.31. The highest BCUT2D eigenvalue weighted by Gasteiger charge is 2.29. The molecule has 0 saturated carbocycles. The highest BCUT2D eigenvalue weighted by Crippen LogP contribution is 2.48. The highest BCUT2D eigenvalue weighted by atomic mass is 16.5. The third kappa shape index (κ3) is 3.69. The Bertz CT molecular complexity index is 1030. The zero-order chi connectivity index (χ0) is 20.2. The molecule has 148 valence electrons. The van der Waals surface area contributed by atoms with Gasteiger partial charge in [0.05, 0.1) is 19.3 Å². The second-order valence-electron chi connectivity index (χ2n) is 6.79. The third-order valence-corrected chi connectivity index (χ3v) is 5.01. The van der Waals surface area contributed by atoms with E-state index in [0.29, 0.717) is 18.7 Å². The van der Waals surface area contributed by atoms with Crippen LogP contribution in [0, 0.1) is 0 Å². The molecule has 1 heterocycles. The van der Waals surface area contributed by atoms with E-state index in [1.54, 1.807) is 20.3 Å². The van der Waals surface area contributed by atoms with Gasteiger partial charge in [0.25, 0.3) is 5.91 Å². The van der Waals surface area contributed by atoms with Crippen LogP contribution in [-0.2, 0) is 4.74 Å². The molecule has 0 aliphatic carbocycles. The summed E-state index contributed by atoms with van der Waals surface area (Å²) in [5.74, 6) is 1.41. The predicted octanol–water partition coefficient (Wildman–Crippen LogP) is 4.22. The van der Waals surface area contributed by atoms with Gasteiger partial charge in [-0.3, -0.25) is 4.79 Å². The average molecular weight is 389 g/mol. The van der Waals surface area contributed by atoms with Gasteiger partial charge in [0, 0.05) is 24.8 Å². The maximum atomic E-state index is 12.5. The van der Waals surface area contributed by atoms with E-state index >= 15 is 0 Å². The summed E-state index contributed by atoms with van der Waals surface area (Å²) in [4.78, 5) is 12.5. The van der Waals surface area contributed by atoms with E-state index in [1.807, 2.05) is 48.5 Å². The Balaban J connectivity index is 1.72. The Morgan fingerprint density at radius 1 is 1.03 bits per heavy atom. The number of benzene rings is 3. The second-order valence-corrected chi connectivity index (χ2v) is 6.79. The lowest BCUT2D eigenvalue weighted by molar-refractivity contribution is 0.0937. The van der Waals surface area contributed by atoms with Crippen molar-refractivity contribution >= 4 is 5.91 Å². The number of hydrogen-bond donors (Lipinski definition) is 1. The molecule has 1 N–H and O–H groups in total. The van der Waals surface area contributed by atoms with Gasteiger partial charge in [-0.2, -0.15) is 0 Å². The quantitative estimate of drug-likeness (QED) is 0.642. The summed E-state index contributed by atoms with van der Waals surface area (Å²) < 4.78 is 16.9. The molecule has 0 aromatic heterocycles. The van der Waals surface area contributed by atoms with E-state index in [2.05, 4.69) is 17.4 Å². The molecule has 5 heteroatoms. The molecule has 3 aromatic carbocycles. The zero-order valence-electron chi connectivity index (χ0n) is 16.5. The number of methoxy groups -OCH3 is 2. The third-order valence-electron chi connectivity index (χ3n) is 5.01. The van der Waals surface area contributed by atoms with Gasteiger partial charge in [0.15, 0.2) is 0 Å².